The summed E-state index contributed by atoms with van der Waals surface area (Å²) in [5, 5.41) is 0. The van der Waals surface area contributed by atoms with E-state index < -0.39 is 5.97 Å². The van der Waals surface area contributed by atoms with Gasteiger partial charge in [-0.3, -0.25) is 0 Å². The molecule has 0 spiro atoms. The number of esters is 2. The Hall–Kier alpha value is -3.68. The SMILES string of the molecule is C/C1=C\C=C\CC[C@@H](C)[C@@H](Cc2cnco2)OC(=O)/C=C/C=C/CC[C@@H](C)[C@@H](Cc2cnco2)OC1=O. The van der Waals surface area contributed by atoms with Crippen molar-refractivity contribution in [1.82, 2.24) is 9.97 Å². The number of cyclic esters (lactones) is 2. The molecule has 0 saturated heterocycles. The van der Waals surface area contributed by atoms with Crippen molar-refractivity contribution in [1.29, 1.82) is 0 Å². The maximum Gasteiger partial charge on any atom is 0.334 e. The number of aromatic nitrogens is 2. The van der Waals surface area contributed by atoms with Crippen LogP contribution in [0.15, 0.2) is 82.1 Å². The number of oxazole rings is 2. The van der Waals surface area contributed by atoms with E-state index in [9.17, 15) is 9.59 Å². The van der Waals surface area contributed by atoms with Gasteiger partial charge in [0.05, 0.1) is 12.4 Å². The van der Waals surface area contributed by atoms with Gasteiger partial charge in [0.2, 0.25) is 0 Å². The minimum atomic E-state index is -0.392. The Bertz CT molecular complexity index is 1080. The Morgan fingerprint density at radius 2 is 1.38 bits per heavy atom. The number of hydrogen-bond donors (Lipinski definition) is 0. The second-order valence-corrected chi connectivity index (χ2v) is 9.44. The van der Waals surface area contributed by atoms with E-state index in [-0.39, 0.29) is 30.0 Å². The molecule has 0 fully saturated rings. The molecule has 3 rings (SSSR count). The number of allylic oxidation sites excluding steroid dienone is 6. The highest BCUT2D eigenvalue weighted by molar-refractivity contribution is 5.88. The van der Waals surface area contributed by atoms with Crippen LogP contribution in [-0.2, 0) is 31.9 Å². The fourth-order valence-corrected chi connectivity index (χ4v) is 3.99. The fraction of sp³-hybridized carbons (Fsp3) is 0.448. The van der Waals surface area contributed by atoms with Crippen molar-refractivity contribution in [3.8, 4) is 0 Å². The summed E-state index contributed by atoms with van der Waals surface area (Å²) >= 11 is 0. The number of carbonyl (C=O) groups is 2. The maximum absolute atomic E-state index is 12.8. The normalized spacial score (nSPS) is 28.8. The molecule has 0 amide bonds. The summed E-state index contributed by atoms with van der Waals surface area (Å²) in [6, 6.07) is 0. The van der Waals surface area contributed by atoms with E-state index in [1.807, 2.05) is 31.2 Å². The third kappa shape index (κ3) is 9.71. The Labute approximate surface area is 218 Å². The summed E-state index contributed by atoms with van der Waals surface area (Å²) in [5.74, 6) is 0.777. The lowest BCUT2D eigenvalue weighted by atomic mass is 9.95. The zero-order valence-electron chi connectivity index (χ0n) is 21.7. The smallest absolute Gasteiger partial charge is 0.334 e. The first kappa shape index (κ1) is 27.9. The lowest BCUT2D eigenvalue weighted by molar-refractivity contribution is -0.147. The molecule has 0 unspecified atom stereocenters. The van der Waals surface area contributed by atoms with Crippen molar-refractivity contribution in [3.63, 3.8) is 0 Å². The molecule has 198 valence electrons. The third-order valence-corrected chi connectivity index (χ3v) is 6.43. The third-order valence-electron chi connectivity index (χ3n) is 6.43. The number of ether oxygens (including phenoxy) is 2. The highest BCUT2D eigenvalue weighted by Crippen LogP contribution is 2.22. The van der Waals surface area contributed by atoms with Gasteiger partial charge in [-0.2, -0.15) is 0 Å². The van der Waals surface area contributed by atoms with E-state index in [1.165, 1.54) is 18.9 Å². The first-order valence-electron chi connectivity index (χ1n) is 12.7. The highest BCUT2D eigenvalue weighted by atomic mass is 16.5. The van der Waals surface area contributed by atoms with Crippen LogP contribution >= 0.6 is 0 Å². The van der Waals surface area contributed by atoms with Gasteiger partial charge < -0.3 is 18.3 Å². The predicted octanol–water partition coefficient (Wildman–Crippen LogP) is 5.73. The molecular weight excluding hydrogens is 472 g/mol. The van der Waals surface area contributed by atoms with Gasteiger partial charge in [-0.15, -0.1) is 0 Å². The molecule has 3 heterocycles. The van der Waals surface area contributed by atoms with Crippen LogP contribution in [0.1, 0.15) is 58.0 Å². The molecule has 37 heavy (non-hydrogen) atoms. The maximum atomic E-state index is 12.8. The van der Waals surface area contributed by atoms with Crippen LogP contribution in [0.4, 0.5) is 0 Å². The van der Waals surface area contributed by atoms with Gasteiger partial charge in [0.25, 0.3) is 0 Å². The van der Waals surface area contributed by atoms with Gasteiger partial charge >= 0.3 is 11.9 Å². The Morgan fingerprint density at radius 3 is 1.95 bits per heavy atom. The minimum absolute atomic E-state index is 0.0833. The fourth-order valence-electron chi connectivity index (χ4n) is 3.99. The van der Waals surface area contributed by atoms with Gasteiger partial charge in [-0.05, 0) is 44.4 Å². The van der Waals surface area contributed by atoms with Crippen molar-refractivity contribution < 1.29 is 27.9 Å². The van der Waals surface area contributed by atoms with Crippen molar-refractivity contribution in [2.75, 3.05) is 0 Å². The Balaban J connectivity index is 1.73. The van der Waals surface area contributed by atoms with Crippen molar-refractivity contribution in [3.05, 3.63) is 84.8 Å². The van der Waals surface area contributed by atoms with Crippen molar-refractivity contribution in [2.24, 2.45) is 11.8 Å². The second kappa shape index (κ2) is 14.8. The van der Waals surface area contributed by atoms with Crippen LogP contribution in [-0.4, -0.2) is 34.1 Å². The first-order chi connectivity index (χ1) is 17.9. The van der Waals surface area contributed by atoms with Gasteiger partial charge in [0.1, 0.15) is 23.7 Å². The quantitative estimate of drug-likeness (QED) is 0.482. The number of rotatable bonds is 4. The molecule has 0 bridgehead atoms. The summed E-state index contributed by atoms with van der Waals surface area (Å²) in [4.78, 5) is 33.2. The molecule has 2 aromatic heterocycles. The molecule has 0 N–H and O–H groups in total. The molecular formula is C29H36N2O6. The summed E-state index contributed by atoms with van der Waals surface area (Å²) in [6.07, 6.45) is 21.9. The van der Waals surface area contributed by atoms with E-state index in [0.717, 1.165) is 25.7 Å². The van der Waals surface area contributed by atoms with Crippen LogP contribution in [0.5, 0.6) is 0 Å². The van der Waals surface area contributed by atoms with E-state index >= 15 is 0 Å². The second-order valence-electron chi connectivity index (χ2n) is 9.44. The molecule has 0 saturated carbocycles. The molecule has 0 aromatic carbocycles. The minimum Gasteiger partial charge on any atom is -0.458 e. The first-order valence-corrected chi connectivity index (χ1v) is 12.7. The lowest BCUT2D eigenvalue weighted by Crippen LogP contribution is -2.28. The summed E-state index contributed by atoms with van der Waals surface area (Å²) < 4.78 is 22.4. The van der Waals surface area contributed by atoms with Gasteiger partial charge in [0.15, 0.2) is 12.8 Å². The molecule has 8 heteroatoms. The average molecular weight is 509 g/mol. The number of hydrogen-bond acceptors (Lipinski definition) is 8. The predicted molar refractivity (Wildman–Crippen MR) is 138 cm³/mol. The monoisotopic (exact) mass is 508 g/mol. The number of nitrogens with zero attached hydrogens (tertiary/aromatic N) is 2. The van der Waals surface area contributed by atoms with Crippen LogP contribution in [0, 0.1) is 11.8 Å². The van der Waals surface area contributed by atoms with Crippen LogP contribution in [0.2, 0.25) is 0 Å². The largest absolute Gasteiger partial charge is 0.458 e. The number of carbonyl (C=O) groups excluding carboxylic acids is 2. The Morgan fingerprint density at radius 1 is 0.811 bits per heavy atom. The molecule has 0 aliphatic carbocycles. The molecule has 2 aromatic rings. The average Bonchev–Trinajstić information content (AvgIpc) is 3.58. The summed E-state index contributed by atoms with van der Waals surface area (Å²) in [7, 11) is 0. The lowest BCUT2D eigenvalue weighted by Gasteiger charge is -2.23. The topological polar surface area (TPSA) is 105 Å². The van der Waals surface area contributed by atoms with Crippen LogP contribution < -0.4 is 0 Å². The van der Waals surface area contributed by atoms with E-state index in [1.54, 1.807) is 31.5 Å². The summed E-state index contributed by atoms with van der Waals surface area (Å²) in [5.41, 5.74) is 0.524. The van der Waals surface area contributed by atoms with Crippen LogP contribution in [0.3, 0.4) is 0 Å². The van der Waals surface area contributed by atoms with Crippen molar-refractivity contribution in [2.45, 2.75) is 71.5 Å². The van der Waals surface area contributed by atoms with E-state index in [0.29, 0.717) is 29.9 Å². The molecule has 8 nitrogen and oxygen atoms in total. The Kier molecular flexibility index (Phi) is 11.1. The van der Waals surface area contributed by atoms with Gasteiger partial charge in [0, 0.05) is 24.5 Å². The van der Waals surface area contributed by atoms with Gasteiger partial charge in [-0.25, -0.2) is 19.6 Å². The molecule has 1 aliphatic rings. The zero-order chi connectivity index (χ0) is 26.5. The van der Waals surface area contributed by atoms with Gasteiger partial charge in [-0.1, -0.05) is 50.3 Å². The molecule has 1 aliphatic heterocycles. The highest BCUT2D eigenvalue weighted by Gasteiger charge is 2.24. The van der Waals surface area contributed by atoms with E-state index in [2.05, 4.69) is 16.9 Å². The molecule has 4 atom stereocenters. The standard InChI is InChI=1S/C29H36N2O6/c1-21-12-8-6-9-13-23(3)29(33)37-27(16-25-18-31-20-35-25)22(2)11-7-4-5-10-14-28(32)36-26(21)15-24-17-30-19-34-24/h4-6,9-10,13-14,17-22,26-27H,7-8,11-12,15-16H2,1-3H3/b5-4+,9-6+,14-10+,23-13+/t21-,22-,26-,27-/m1/s1. The zero-order valence-corrected chi connectivity index (χ0v) is 21.7. The van der Waals surface area contributed by atoms with E-state index in [4.69, 9.17) is 18.3 Å². The molecule has 0 radical (unpaired) electrons. The van der Waals surface area contributed by atoms with Crippen molar-refractivity contribution >= 4 is 11.9 Å². The van der Waals surface area contributed by atoms with Crippen LogP contribution in [0.25, 0.3) is 0 Å². The summed E-state index contributed by atoms with van der Waals surface area (Å²) in [6.45, 7) is 5.85.